The quantitative estimate of drug-likeness (QED) is 0.543. The zero-order chi connectivity index (χ0) is 20.9. The Morgan fingerprint density at radius 3 is 2.30 bits per heavy atom. The fourth-order valence-corrected chi connectivity index (χ4v) is 6.42. The molecule has 30 heavy (non-hydrogen) atoms. The van der Waals surface area contributed by atoms with Crippen molar-refractivity contribution in [2.45, 2.75) is 63.8 Å². The first kappa shape index (κ1) is 25.2. The van der Waals surface area contributed by atoms with Gasteiger partial charge in [0.25, 0.3) is 0 Å². The maximum absolute atomic E-state index is 14.0. The average molecular weight is 461 g/mol. The van der Waals surface area contributed by atoms with E-state index in [4.69, 9.17) is 0 Å². The van der Waals surface area contributed by atoms with Crippen LogP contribution in [-0.2, 0) is 10.0 Å². The molecular formula is C22H34ClFN2O3S. The zero-order valence-electron chi connectivity index (χ0n) is 17.8. The summed E-state index contributed by atoms with van der Waals surface area (Å²) in [6.07, 6.45) is 7.18. The van der Waals surface area contributed by atoms with Crippen LogP contribution >= 0.6 is 12.4 Å². The molecule has 1 aromatic rings. The van der Waals surface area contributed by atoms with Gasteiger partial charge < -0.3 is 0 Å². The number of rotatable bonds is 8. The summed E-state index contributed by atoms with van der Waals surface area (Å²) in [4.78, 5) is 15.1. The normalized spacial score (nSPS) is 20.5. The lowest BCUT2D eigenvalue weighted by Gasteiger charge is -2.50. The van der Waals surface area contributed by atoms with Crippen LogP contribution in [0.4, 0.5) is 4.39 Å². The minimum absolute atomic E-state index is 0. The van der Waals surface area contributed by atoms with E-state index in [1.165, 1.54) is 12.5 Å². The van der Waals surface area contributed by atoms with Gasteiger partial charge in [-0.3, -0.25) is 9.69 Å². The van der Waals surface area contributed by atoms with Crippen molar-refractivity contribution >= 4 is 28.2 Å². The highest BCUT2D eigenvalue weighted by atomic mass is 35.5. The van der Waals surface area contributed by atoms with Gasteiger partial charge in [-0.05, 0) is 37.8 Å². The van der Waals surface area contributed by atoms with Gasteiger partial charge in [0.15, 0.2) is 5.78 Å². The minimum Gasteiger partial charge on any atom is -0.295 e. The fraction of sp³-hybridized carbons (Fsp3) is 0.682. The molecule has 0 amide bonds. The molecule has 1 aromatic carbocycles. The fourth-order valence-electron chi connectivity index (χ4n) is 4.93. The Morgan fingerprint density at radius 2 is 1.70 bits per heavy atom. The van der Waals surface area contributed by atoms with Gasteiger partial charge in [-0.1, -0.05) is 38.3 Å². The van der Waals surface area contributed by atoms with Gasteiger partial charge in [0, 0.05) is 38.1 Å². The van der Waals surface area contributed by atoms with Crippen LogP contribution in [0.1, 0.15) is 68.6 Å². The van der Waals surface area contributed by atoms with Crippen LogP contribution in [0.2, 0.25) is 0 Å². The van der Waals surface area contributed by atoms with Crippen LogP contribution in [0.5, 0.6) is 0 Å². The largest absolute Gasteiger partial charge is 0.295 e. The summed E-state index contributed by atoms with van der Waals surface area (Å²) in [6.45, 7) is 4.34. The predicted octanol–water partition coefficient (Wildman–Crippen LogP) is 4.27. The van der Waals surface area contributed by atoms with E-state index in [0.29, 0.717) is 45.4 Å². The van der Waals surface area contributed by atoms with Crippen LogP contribution < -0.4 is 0 Å². The number of hydrogen-bond donors (Lipinski definition) is 0. The van der Waals surface area contributed by atoms with Gasteiger partial charge >= 0.3 is 0 Å². The van der Waals surface area contributed by atoms with E-state index in [2.05, 4.69) is 4.90 Å². The summed E-state index contributed by atoms with van der Waals surface area (Å²) in [7, 11) is -3.16. The van der Waals surface area contributed by atoms with Crippen LogP contribution in [0, 0.1) is 5.82 Å². The van der Waals surface area contributed by atoms with Crippen molar-refractivity contribution < 1.29 is 17.6 Å². The molecule has 0 aromatic heterocycles. The summed E-state index contributed by atoms with van der Waals surface area (Å²) in [5.41, 5.74) is 0.105. The molecule has 1 saturated heterocycles. The van der Waals surface area contributed by atoms with E-state index in [1.807, 2.05) is 6.92 Å². The Balaban J connectivity index is 0.00000320. The summed E-state index contributed by atoms with van der Waals surface area (Å²) in [5, 5.41) is 0. The lowest BCUT2D eigenvalue weighted by Crippen LogP contribution is -2.58. The Bertz CT molecular complexity index is 804. The van der Waals surface area contributed by atoms with Crippen molar-refractivity contribution in [1.82, 2.24) is 9.21 Å². The topological polar surface area (TPSA) is 57.7 Å². The number of benzene rings is 1. The first-order valence-corrected chi connectivity index (χ1v) is 12.5. The Kier molecular flexibility index (Phi) is 9.28. The predicted molar refractivity (Wildman–Crippen MR) is 120 cm³/mol. The van der Waals surface area contributed by atoms with Crippen molar-refractivity contribution in [3.63, 3.8) is 0 Å². The first-order valence-electron chi connectivity index (χ1n) is 10.9. The molecule has 1 saturated carbocycles. The van der Waals surface area contributed by atoms with E-state index < -0.39 is 15.8 Å². The van der Waals surface area contributed by atoms with Gasteiger partial charge in [-0.2, -0.15) is 4.31 Å². The first-order chi connectivity index (χ1) is 13.9. The maximum Gasteiger partial charge on any atom is 0.214 e. The van der Waals surface area contributed by atoms with Gasteiger partial charge in [-0.25, -0.2) is 12.8 Å². The highest BCUT2D eigenvalue weighted by Crippen LogP contribution is 2.38. The van der Waals surface area contributed by atoms with Crippen LogP contribution in [-0.4, -0.2) is 60.9 Å². The number of nitrogens with zero attached hydrogens (tertiary/aromatic N) is 2. The third-order valence-corrected chi connectivity index (χ3v) is 8.62. The highest BCUT2D eigenvalue weighted by molar-refractivity contribution is 7.89. The lowest BCUT2D eigenvalue weighted by molar-refractivity contribution is 0.0165. The Hall–Kier alpha value is -1.02. The van der Waals surface area contributed by atoms with Crippen LogP contribution in [0.3, 0.4) is 0 Å². The summed E-state index contributed by atoms with van der Waals surface area (Å²) in [6, 6.07) is 6.19. The second-order valence-electron chi connectivity index (χ2n) is 8.39. The van der Waals surface area contributed by atoms with Gasteiger partial charge in [0.1, 0.15) is 5.82 Å². The second kappa shape index (κ2) is 11.0. The average Bonchev–Trinajstić information content (AvgIpc) is 2.73. The lowest BCUT2D eigenvalue weighted by atomic mass is 9.76. The Labute approximate surface area is 186 Å². The molecule has 0 unspecified atom stereocenters. The summed E-state index contributed by atoms with van der Waals surface area (Å²) >= 11 is 0. The van der Waals surface area contributed by atoms with E-state index in [1.54, 1.807) is 22.5 Å². The van der Waals surface area contributed by atoms with Crippen molar-refractivity contribution in [2.24, 2.45) is 0 Å². The van der Waals surface area contributed by atoms with E-state index in [0.717, 1.165) is 25.7 Å². The highest BCUT2D eigenvalue weighted by Gasteiger charge is 2.40. The summed E-state index contributed by atoms with van der Waals surface area (Å²) in [5.74, 6) is -0.392. The molecule has 8 heteroatoms. The monoisotopic (exact) mass is 460 g/mol. The van der Waals surface area contributed by atoms with Crippen molar-refractivity contribution in [1.29, 1.82) is 0 Å². The molecule has 1 heterocycles. The third kappa shape index (κ3) is 5.81. The SMILES string of the molecule is CCCS(=O)(=O)N1CCN(C2(CCC(=O)c3ccccc3F)CCCCC2)CC1.Cl. The van der Waals surface area contributed by atoms with E-state index >= 15 is 0 Å². The molecule has 0 spiro atoms. The van der Waals surface area contributed by atoms with Crippen molar-refractivity contribution in [2.75, 3.05) is 31.9 Å². The molecule has 0 N–H and O–H groups in total. The number of piperazine rings is 1. The number of ketones is 1. The zero-order valence-corrected chi connectivity index (χ0v) is 19.4. The Morgan fingerprint density at radius 1 is 1.07 bits per heavy atom. The van der Waals surface area contributed by atoms with Crippen LogP contribution in [0.25, 0.3) is 0 Å². The smallest absolute Gasteiger partial charge is 0.214 e. The van der Waals surface area contributed by atoms with E-state index in [-0.39, 0.29) is 35.0 Å². The molecule has 2 fully saturated rings. The van der Waals surface area contributed by atoms with E-state index in [9.17, 15) is 17.6 Å². The number of sulfonamides is 1. The number of carbonyl (C=O) groups is 1. The molecule has 2 aliphatic rings. The van der Waals surface area contributed by atoms with Gasteiger partial charge in [-0.15, -0.1) is 12.4 Å². The third-order valence-electron chi connectivity index (χ3n) is 6.54. The molecule has 0 radical (unpaired) electrons. The number of hydrogen-bond acceptors (Lipinski definition) is 4. The van der Waals surface area contributed by atoms with Crippen molar-refractivity contribution in [3.05, 3.63) is 35.6 Å². The minimum atomic E-state index is -3.16. The molecule has 170 valence electrons. The molecule has 1 aliphatic heterocycles. The standard InChI is InChI=1S/C22H33FN2O3S.ClH/c1-2-18-29(27,28)25-16-14-24(15-17-25)22(11-6-3-7-12-22)13-10-21(26)19-8-4-5-9-20(19)23;/h4-5,8-9H,2-3,6-7,10-18H2,1H3;1H. The second-order valence-corrected chi connectivity index (χ2v) is 10.5. The molecule has 3 rings (SSSR count). The number of Topliss-reactive ketones (excluding diaryl/α,β-unsaturated/α-hetero) is 1. The maximum atomic E-state index is 14.0. The molecule has 1 aliphatic carbocycles. The van der Waals surface area contributed by atoms with Gasteiger partial charge in [0.2, 0.25) is 10.0 Å². The molecular weight excluding hydrogens is 427 g/mol. The molecule has 5 nitrogen and oxygen atoms in total. The van der Waals surface area contributed by atoms with Gasteiger partial charge in [0.05, 0.1) is 11.3 Å². The van der Waals surface area contributed by atoms with Crippen LogP contribution in [0.15, 0.2) is 24.3 Å². The molecule has 0 bridgehead atoms. The summed E-state index contributed by atoms with van der Waals surface area (Å²) < 4.78 is 40.4. The number of carbonyl (C=O) groups excluding carboxylic acids is 1. The number of halogens is 2. The molecule has 0 atom stereocenters. The van der Waals surface area contributed by atoms with Crippen molar-refractivity contribution in [3.8, 4) is 0 Å².